The van der Waals surface area contributed by atoms with Crippen molar-refractivity contribution in [2.24, 2.45) is 17.8 Å². The minimum absolute atomic E-state index is 0.0479. The van der Waals surface area contributed by atoms with Crippen molar-refractivity contribution in [2.75, 3.05) is 13.7 Å². The van der Waals surface area contributed by atoms with Gasteiger partial charge in [0, 0.05) is 67.4 Å². The molecule has 4 heterocycles. The number of ether oxygens (including phenoxy) is 1. The van der Waals surface area contributed by atoms with Crippen molar-refractivity contribution in [3.8, 4) is 11.3 Å². The van der Waals surface area contributed by atoms with Crippen molar-refractivity contribution >= 4 is 34.0 Å². The highest BCUT2D eigenvalue weighted by Crippen LogP contribution is 2.38. The van der Waals surface area contributed by atoms with Gasteiger partial charge in [0.2, 0.25) is 0 Å². The smallest absolute Gasteiger partial charge is 0.349 e. The summed E-state index contributed by atoms with van der Waals surface area (Å²) in [5, 5.41) is 4.80. The van der Waals surface area contributed by atoms with E-state index in [1.165, 1.54) is 18.4 Å². The molecule has 0 aliphatic carbocycles. The molecule has 1 aliphatic heterocycles. The molecule has 1 fully saturated rings. The Morgan fingerprint density at radius 2 is 2.23 bits per heavy atom. The Labute approximate surface area is 200 Å². The first-order chi connectivity index (χ1) is 16.9. The summed E-state index contributed by atoms with van der Waals surface area (Å²) in [5.41, 5.74) is 8.46. The third kappa shape index (κ3) is 4.03. The molecule has 3 aromatic heterocycles. The summed E-state index contributed by atoms with van der Waals surface area (Å²) in [7, 11) is 3.39. The molecular formula is C25H27FN6O3. The second-order valence-electron chi connectivity index (χ2n) is 8.73. The first kappa shape index (κ1) is 23.0. The van der Waals surface area contributed by atoms with Crippen molar-refractivity contribution in [1.29, 1.82) is 0 Å². The van der Waals surface area contributed by atoms with E-state index in [0.717, 1.165) is 6.42 Å². The fraction of sp³-hybridized carbons (Fsp3) is 0.360. The lowest BCUT2D eigenvalue weighted by Crippen LogP contribution is -2.34. The molecule has 0 amide bonds. The number of hydrogen-bond donors (Lipinski definition) is 1. The second kappa shape index (κ2) is 9.10. The zero-order valence-corrected chi connectivity index (χ0v) is 19.9. The lowest BCUT2D eigenvalue weighted by Gasteiger charge is -2.30. The second-order valence-corrected chi connectivity index (χ2v) is 8.73. The number of halogens is 1. The number of allylic oxidation sites excluding steroid dienone is 1. The number of nitrogens with zero attached hydrogens (tertiary/aromatic N) is 5. The monoisotopic (exact) mass is 478 g/mol. The molecule has 0 bridgehead atoms. The number of aliphatic imine (C=N–C) groups is 1. The predicted molar refractivity (Wildman–Crippen MR) is 133 cm³/mol. The van der Waals surface area contributed by atoms with Gasteiger partial charge in [-0.1, -0.05) is 6.92 Å². The molecule has 0 unspecified atom stereocenters. The van der Waals surface area contributed by atoms with Gasteiger partial charge in [-0.25, -0.2) is 9.18 Å². The third-order valence-electron chi connectivity index (χ3n) is 6.47. The fourth-order valence-electron chi connectivity index (χ4n) is 4.72. The van der Waals surface area contributed by atoms with Crippen LogP contribution in [0.5, 0.6) is 0 Å². The molecule has 2 N–H and O–H groups in total. The highest BCUT2D eigenvalue weighted by atomic mass is 19.1. The number of furan rings is 1. The Morgan fingerprint density at radius 1 is 1.40 bits per heavy atom. The molecule has 10 heteroatoms. The van der Waals surface area contributed by atoms with E-state index in [9.17, 15) is 4.79 Å². The Bertz CT molecular complexity index is 1530. The summed E-state index contributed by atoms with van der Waals surface area (Å²) in [5.74, 6) is -0.531. The first-order valence-corrected chi connectivity index (χ1v) is 11.6. The van der Waals surface area contributed by atoms with E-state index in [1.54, 1.807) is 41.8 Å². The first-order valence-electron chi connectivity index (χ1n) is 11.6. The molecule has 35 heavy (non-hydrogen) atoms. The molecule has 0 saturated carbocycles. The van der Waals surface area contributed by atoms with Crippen molar-refractivity contribution in [1.82, 2.24) is 19.3 Å². The minimum atomic E-state index is -0.531. The highest BCUT2D eigenvalue weighted by Gasteiger charge is 2.29. The zero-order valence-electron chi connectivity index (χ0n) is 19.9. The van der Waals surface area contributed by atoms with E-state index in [-0.39, 0.29) is 23.4 Å². The molecule has 0 spiro atoms. The zero-order chi connectivity index (χ0) is 24.7. The average molecular weight is 479 g/mol. The predicted octanol–water partition coefficient (Wildman–Crippen LogP) is 3.81. The van der Waals surface area contributed by atoms with E-state index in [4.69, 9.17) is 14.9 Å². The van der Waals surface area contributed by atoms with Crippen LogP contribution in [0.3, 0.4) is 0 Å². The largest absolute Gasteiger partial charge is 0.452 e. The van der Waals surface area contributed by atoms with E-state index in [1.807, 2.05) is 0 Å². The van der Waals surface area contributed by atoms with E-state index < -0.39 is 11.5 Å². The van der Waals surface area contributed by atoms with Gasteiger partial charge in [0.15, 0.2) is 5.58 Å². The van der Waals surface area contributed by atoms with Crippen LogP contribution in [0.2, 0.25) is 0 Å². The number of aromatic nitrogens is 4. The Hall–Kier alpha value is -3.79. The SMILES string of the molecule is CC[C@H]1C[C@@H](n2c(=O)nc(-c3cnn(C)c3)c3oc4cc(F)c(C(N)=CC=NC)cc4c32)CCO1. The quantitative estimate of drug-likeness (QED) is 0.437. The van der Waals surface area contributed by atoms with Crippen LogP contribution in [-0.4, -0.2) is 45.3 Å². The molecule has 4 aromatic rings. The van der Waals surface area contributed by atoms with E-state index >= 15 is 4.39 Å². The molecule has 0 radical (unpaired) electrons. The van der Waals surface area contributed by atoms with Gasteiger partial charge in [-0.3, -0.25) is 14.2 Å². The molecular weight excluding hydrogens is 451 g/mol. The highest BCUT2D eigenvalue weighted by molar-refractivity contribution is 6.07. The summed E-state index contributed by atoms with van der Waals surface area (Å²) < 4.78 is 30.4. The van der Waals surface area contributed by atoms with Gasteiger partial charge in [0.05, 0.1) is 12.3 Å². The van der Waals surface area contributed by atoms with Gasteiger partial charge in [-0.2, -0.15) is 10.1 Å². The van der Waals surface area contributed by atoms with Crippen LogP contribution in [-0.2, 0) is 11.8 Å². The Morgan fingerprint density at radius 3 is 2.94 bits per heavy atom. The van der Waals surface area contributed by atoms with Gasteiger partial charge >= 0.3 is 5.69 Å². The summed E-state index contributed by atoms with van der Waals surface area (Å²) in [4.78, 5) is 21.8. The van der Waals surface area contributed by atoms with Crippen molar-refractivity contribution < 1.29 is 13.5 Å². The maximum Gasteiger partial charge on any atom is 0.349 e. The molecule has 182 valence electrons. The molecule has 1 aliphatic rings. The number of fused-ring (bicyclic) bond motifs is 3. The Kier molecular flexibility index (Phi) is 5.98. The summed E-state index contributed by atoms with van der Waals surface area (Å²) in [6.07, 6.45) is 8.65. The Balaban J connectivity index is 1.84. The maximum absolute atomic E-state index is 15.0. The van der Waals surface area contributed by atoms with Crippen LogP contribution >= 0.6 is 0 Å². The standard InChI is InChI=1S/C25H27FN6O3/c1-4-16-9-15(6-8-34-16)32-23-18-10-17(20(27)5-7-28-2)19(26)11-21(18)35-24(23)22(30-25(32)33)14-12-29-31(3)13-14/h5,7,10-13,15-16H,4,6,8-9,27H2,1-3H3/t15-,16-/m0/s1. The average Bonchev–Trinajstić information content (AvgIpc) is 3.44. The summed E-state index contributed by atoms with van der Waals surface area (Å²) >= 11 is 0. The van der Waals surface area contributed by atoms with Crippen molar-refractivity contribution in [2.45, 2.75) is 38.3 Å². The van der Waals surface area contributed by atoms with Gasteiger partial charge < -0.3 is 14.9 Å². The molecule has 1 saturated heterocycles. The van der Waals surface area contributed by atoms with Crippen LogP contribution in [0.15, 0.2) is 44.8 Å². The van der Waals surface area contributed by atoms with Gasteiger partial charge in [0.1, 0.15) is 22.6 Å². The van der Waals surface area contributed by atoms with Crippen LogP contribution in [0, 0.1) is 5.82 Å². The topological polar surface area (TPSA) is 113 Å². The molecule has 1 aromatic carbocycles. The third-order valence-corrected chi connectivity index (χ3v) is 6.47. The summed E-state index contributed by atoms with van der Waals surface area (Å²) in [6, 6.07) is 2.80. The number of rotatable bonds is 5. The van der Waals surface area contributed by atoms with Crippen LogP contribution in [0.25, 0.3) is 39.0 Å². The molecule has 5 rings (SSSR count). The number of nitrogens with two attached hydrogens (primary N) is 1. The summed E-state index contributed by atoms with van der Waals surface area (Å²) in [6.45, 7) is 2.61. The fourth-order valence-corrected chi connectivity index (χ4v) is 4.72. The molecule has 9 nitrogen and oxygen atoms in total. The van der Waals surface area contributed by atoms with Gasteiger partial charge in [-0.15, -0.1) is 0 Å². The van der Waals surface area contributed by atoms with Crippen LogP contribution in [0.1, 0.15) is 37.8 Å². The lowest BCUT2D eigenvalue weighted by molar-refractivity contribution is -0.00709. The van der Waals surface area contributed by atoms with E-state index in [0.29, 0.717) is 52.8 Å². The lowest BCUT2D eigenvalue weighted by atomic mass is 10.0. The van der Waals surface area contributed by atoms with Crippen molar-refractivity contribution in [3.05, 3.63) is 52.5 Å². The number of aryl methyl sites for hydroxylation is 1. The van der Waals surface area contributed by atoms with Crippen LogP contribution in [0.4, 0.5) is 4.39 Å². The van der Waals surface area contributed by atoms with E-state index in [2.05, 4.69) is 22.0 Å². The van der Waals surface area contributed by atoms with Gasteiger partial charge in [-0.05, 0) is 31.4 Å². The normalized spacial score (nSPS) is 19.4. The number of hydrogen-bond acceptors (Lipinski definition) is 7. The molecule has 2 atom stereocenters. The van der Waals surface area contributed by atoms with Crippen LogP contribution < -0.4 is 11.4 Å². The minimum Gasteiger partial charge on any atom is -0.452 e. The number of benzene rings is 1. The van der Waals surface area contributed by atoms with Gasteiger partial charge in [0.25, 0.3) is 0 Å². The maximum atomic E-state index is 15.0. The van der Waals surface area contributed by atoms with Crippen molar-refractivity contribution in [3.63, 3.8) is 0 Å².